The molecule has 1 aromatic heterocycles. The van der Waals surface area contributed by atoms with Crippen molar-refractivity contribution >= 4 is 27.3 Å². The largest absolute Gasteiger partial charge is 0.309 e. The van der Waals surface area contributed by atoms with Gasteiger partial charge in [-0.2, -0.15) is 0 Å². The Morgan fingerprint density at radius 1 is 1.25 bits per heavy atom. The van der Waals surface area contributed by atoms with Crippen LogP contribution in [-0.2, 0) is 0 Å². The van der Waals surface area contributed by atoms with Gasteiger partial charge in [-0.05, 0) is 63.1 Å². The normalized spacial score (nSPS) is 12.7. The molecule has 0 amide bonds. The van der Waals surface area contributed by atoms with Gasteiger partial charge in [0.1, 0.15) is 0 Å². The smallest absolute Gasteiger partial charge is 0.0386 e. The Balaban J connectivity index is 2.29. The van der Waals surface area contributed by atoms with Crippen molar-refractivity contribution < 1.29 is 0 Å². The van der Waals surface area contributed by atoms with Crippen LogP contribution in [0.5, 0.6) is 0 Å². The van der Waals surface area contributed by atoms with Crippen molar-refractivity contribution in [3.05, 3.63) is 44.7 Å². The van der Waals surface area contributed by atoms with Crippen molar-refractivity contribution in [3.8, 4) is 10.4 Å². The molecule has 0 fully saturated rings. The molecule has 1 aromatic carbocycles. The predicted octanol–water partition coefficient (Wildman–Crippen LogP) is 5.86. The highest BCUT2D eigenvalue weighted by atomic mass is 79.9. The zero-order valence-electron chi connectivity index (χ0n) is 12.6. The molecule has 1 unspecified atom stereocenters. The Kier molecular flexibility index (Phi) is 5.42. The van der Waals surface area contributed by atoms with Crippen molar-refractivity contribution in [2.75, 3.05) is 6.54 Å². The standard InChI is InChI=1S/C17H22BrNS/c1-5-8-19-13(4)15-6-7-16(20-15)17-12(3)9-11(2)10-14(17)18/h6-7,9-10,13,19H,5,8H2,1-4H3. The van der Waals surface area contributed by atoms with E-state index in [9.17, 15) is 0 Å². The highest BCUT2D eigenvalue weighted by Gasteiger charge is 2.13. The van der Waals surface area contributed by atoms with Gasteiger partial charge in [0, 0.05) is 25.8 Å². The third-order valence-corrected chi connectivity index (χ3v) is 5.34. The van der Waals surface area contributed by atoms with Gasteiger partial charge < -0.3 is 5.32 Å². The van der Waals surface area contributed by atoms with E-state index in [1.165, 1.54) is 37.3 Å². The summed E-state index contributed by atoms with van der Waals surface area (Å²) in [5.74, 6) is 0. The van der Waals surface area contributed by atoms with Crippen LogP contribution in [0.25, 0.3) is 10.4 Å². The number of nitrogens with one attached hydrogen (secondary N) is 1. The quantitative estimate of drug-likeness (QED) is 0.711. The van der Waals surface area contributed by atoms with Crippen LogP contribution >= 0.6 is 27.3 Å². The van der Waals surface area contributed by atoms with Crippen molar-refractivity contribution in [3.63, 3.8) is 0 Å². The predicted molar refractivity (Wildman–Crippen MR) is 93.6 cm³/mol. The van der Waals surface area contributed by atoms with E-state index in [0.717, 1.165) is 6.54 Å². The fourth-order valence-corrected chi connectivity index (χ4v) is 4.59. The van der Waals surface area contributed by atoms with E-state index in [1.54, 1.807) is 0 Å². The van der Waals surface area contributed by atoms with Gasteiger partial charge in [0.25, 0.3) is 0 Å². The summed E-state index contributed by atoms with van der Waals surface area (Å²) in [6.07, 6.45) is 1.17. The minimum Gasteiger partial charge on any atom is -0.309 e. The highest BCUT2D eigenvalue weighted by Crippen LogP contribution is 2.38. The summed E-state index contributed by atoms with van der Waals surface area (Å²) < 4.78 is 1.19. The van der Waals surface area contributed by atoms with E-state index in [2.05, 4.69) is 73.2 Å². The Labute approximate surface area is 134 Å². The molecule has 0 saturated carbocycles. The van der Waals surface area contributed by atoms with Crippen LogP contribution in [0.2, 0.25) is 0 Å². The zero-order valence-corrected chi connectivity index (χ0v) is 15.0. The number of thiophene rings is 1. The minimum atomic E-state index is 0.429. The van der Waals surface area contributed by atoms with Crippen LogP contribution in [0.4, 0.5) is 0 Å². The number of hydrogen-bond acceptors (Lipinski definition) is 2. The van der Waals surface area contributed by atoms with E-state index < -0.39 is 0 Å². The fraction of sp³-hybridized carbons (Fsp3) is 0.412. The van der Waals surface area contributed by atoms with E-state index in [-0.39, 0.29) is 0 Å². The lowest BCUT2D eigenvalue weighted by Gasteiger charge is -2.11. The molecular weight excluding hydrogens is 330 g/mol. The van der Waals surface area contributed by atoms with Crippen molar-refractivity contribution in [2.24, 2.45) is 0 Å². The average Bonchev–Trinajstić information content (AvgIpc) is 2.84. The molecule has 0 bridgehead atoms. The first-order valence-corrected chi connectivity index (χ1v) is 8.74. The highest BCUT2D eigenvalue weighted by molar-refractivity contribution is 9.10. The summed E-state index contributed by atoms with van der Waals surface area (Å²) in [5, 5.41) is 3.55. The number of rotatable bonds is 5. The SMILES string of the molecule is CCCNC(C)c1ccc(-c2c(C)cc(C)cc2Br)s1. The lowest BCUT2D eigenvalue weighted by atomic mass is 10.0. The van der Waals surface area contributed by atoms with Crippen LogP contribution in [0, 0.1) is 13.8 Å². The summed E-state index contributed by atoms with van der Waals surface area (Å²) in [6.45, 7) is 9.83. The van der Waals surface area contributed by atoms with Crippen LogP contribution in [0.1, 0.15) is 42.3 Å². The molecule has 2 rings (SSSR count). The van der Waals surface area contributed by atoms with Crippen LogP contribution in [0.15, 0.2) is 28.7 Å². The molecule has 108 valence electrons. The van der Waals surface area contributed by atoms with Gasteiger partial charge in [0.2, 0.25) is 0 Å². The summed E-state index contributed by atoms with van der Waals surface area (Å²) in [5.41, 5.74) is 3.96. The van der Waals surface area contributed by atoms with E-state index in [4.69, 9.17) is 0 Å². The maximum absolute atomic E-state index is 3.71. The second kappa shape index (κ2) is 6.88. The number of hydrogen-bond donors (Lipinski definition) is 1. The van der Waals surface area contributed by atoms with Crippen LogP contribution in [-0.4, -0.2) is 6.54 Å². The van der Waals surface area contributed by atoms with Crippen molar-refractivity contribution in [1.29, 1.82) is 0 Å². The lowest BCUT2D eigenvalue weighted by molar-refractivity contribution is 0.578. The van der Waals surface area contributed by atoms with Crippen molar-refractivity contribution in [1.82, 2.24) is 5.32 Å². The van der Waals surface area contributed by atoms with Gasteiger partial charge in [0.15, 0.2) is 0 Å². The third-order valence-electron chi connectivity index (χ3n) is 3.43. The second-order valence-electron chi connectivity index (χ2n) is 5.32. The molecule has 0 spiro atoms. The number of aryl methyl sites for hydroxylation is 2. The second-order valence-corrected chi connectivity index (χ2v) is 7.29. The molecule has 0 saturated heterocycles. The molecule has 1 N–H and O–H groups in total. The summed E-state index contributed by atoms with van der Waals surface area (Å²) in [4.78, 5) is 2.75. The Morgan fingerprint density at radius 3 is 2.65 bits per heavy atom. The summed E-state index contributed by atoms with van der Waals surface area (Å²) in [6, 6.07) is 9.36. The molecule has 1 nitrogen and oxygen atoms in total. The molecule has 2 aromatic rings. The van der Waals surface area contributed by atoms with Crippen molar-refractivity contribution in [2.45, 2.75) is 40.2 Å². The van der Waals surface area contributed by atoms with Gasteiger partial charge in [-0.1, -0.05) is 28.9 Å². The van der Waals surface area contributed by atoms with Gasteiger partial charge in [-0.15, -0.1) is 11.3 Å². The van der Waals surface area contributed by atoms with E-state index in [1.807, 2.05) is 11.3 Å². The van der Waals surface area contributed by atoms with E-state index in [0.29, 0.717) is 6.04 Å². The molecule has 1 atom stereocenters. The first-order valence-electron chi connectivity index (χ1n) is 7.13. The van der Waals surface area contributed by atoms with Gasteiger partial charge in [-0.3, -0.25) is 0 Å². The Morgan fingerprint density at radius 2 is 2.00 bits per heavy atom. The molecule has 3 heteroatoms. The molecule has 0 aliphatic carbocycles. The van der Waals surface area contributed by atoms with E-state index >= 15 is 0 Å². The molecule has 0 aliphatic rings. The maximum atomic E-state index is 3.71. The Hall–Kier alpha value is -0.640. The first kappa shape index (κ1) is 15.7. The monoisotopic (exact) mass is 351 g/mol. The summed E-state index contributed by atoms with van der Waals surface area (Å²) in [7, 11) is 0. The molecule has 0 radical (unpaired) electrons. The first-order chi connectivity index (χ1) is 9.52. The maximum Gasteiger partial charge on any atom is 0.0386 e. The Bertz CT molecular complexity index is 565. The van der Waals surface area contributed by atoms with Gasteiger partial charge in [0.05, 0.1) is 0 Å². The molecule has 20 heavy (non-hydrogen) atoms. The molecular formula is C17H22BrNS. The topological polar surface area (TPSA) is 12.0 Å². The molecule has 0 aliphatic heterocycles. The van der Waals surface area contributed by atoms with Gasteiger partial charge >= 0.3 is 0 Å². The van der Waals surface area contributed by atoms with Gasteiger partial charge in [-0.25, -0.2) is 0 Å². The fourth-order valence-electron chi connectivity index (χ4n) is 2.41. The number of halogens is 1. The third kappa shape index (κ3) is 3.51. The zero-order chi connectivity index (χ0) is 14.7. The minimum absolute atomic E-state index is 0.429. The average molecular weight is 352 g/mol. The summed E-state index contributed by atoms with van der Waals surface area (Å²) >= 11 is 5.60. The number of benzene rings is 1. The lowest BCUT2D eigenvalue weighted by Crippen LogP contribution is -2.18. The molecule has 1 heterocycles. The van der Waals surface area contributed by atoms with Crippen LogP contribution < -0.4 is 5.32 Å². The van der Waals surface area contributed by atoms with Crippen LogP contribution in [0.3, 0.4) is 0 Å².